The number of aliphatic hydroxyl groups excluding tert-OH is 1. The molecule has 0 spiro atoms. The molecule has 2 N–H and O–H groups in total. The summed E-state index contributed by atoms with van der Waals surface area (Å²) < 4.78 is 10.4. The highest BCUT2D eigenvalue weighted by Gasteiger charge is 2.06. The molecule has 0 saturated heterocycles. The number of carbonyl (C=O) groups excluding carboxylic acids is 1. The Labute approximate surface area is 126 Å². The number of nitrogens with one attached hydrogen (secondary N) is 1. The second-order valence-electron chi connectivity index (χ2n) is 4.72. The third-order valence-corrected chi connectivity index (χ3v) is 2.94. The monoisotopic (exact) mass is 295 g/mol. The SMILES string of the molecule is CCOC(=O)CCNCC(O)COc1cccc(CC)c1. The summed E-state index contributed by atoms with van der Waals surface area (Å²) >= 11 is 0. The zero-order chi connectivity index (χ0) is 15.5. The summed E-state index contributed by atoms with van der Waals surface area (Å²) in [6.07, 6.45) is 0.646. The van der Waals surface area contributed by atoms with Crippen LogP contribution in [0.1, 0.15) is 25.8 Å². The van der Waals surface area contributed by atoms with Crippen LogP contribution in [0.5, 0.6) is 5.75 Å². The van der Waals surface area contributed by atoms with Crippen molar-refractivity contribution in [2.45, 2.75) is 32.8 Å². The largest absolute Gasteiger partial charge is 0.491 e. The Bertz CT molecular complexity index is 422. The number of hydrogen-bond acceptors (Lipinski definition) is 5. The van der Waals surface area contributed by atoms with Gasteiger partial charge in [0.1, 0.15) is 18.5 Å². The van der Waals surface area contributed by atoms with Crippen LogP contribution in [0.25, 0.3) is 0 Å². The third kappa shape index (κ3) is 7.68. The molecule has 0 aromatic heterocycles. The van der Waals surface area contributed by atoms with E-state index < -0.39 is 6.10 Å². The van der Waals surface area contributed by atoms with Crippen LogP contribution in [0.15, 0.2) is 24.3 Å². The molecule has 1 atom stereocenters. The highest BCUT2D eigenvalue weighted by Crippen LogP contribution is 2.13. The molecule has 118 valence electrons. The van der Waals surface area contributed by atoms with Crippen molar-refractivity contribution in [2.75, 3.05) is 26.3 Å². The molecular weight excluding hydrogens is 270 g/mol. The Hall–Kier alpha value is -1.59. The molecule has 5 heteroatoms. The highest BCUT2D eigenvalue weighted by atomic mass is 16.5. The molecule has 1 rings (SSSR count). The lowest BCUT2D eigenvalue weighted by molar-refractivity contribution is -0.143. The summed E-state index contributed by atoms with van der Waals surface area (Å²) in [5.41, 5.74) is 1.20. The normalized spacial score (nSPS) is 12.0. The van der Waals surface area contributed by atoms with Crippen molar-refractivity contribution >= 4 is 5.97 Å². The van der Waals surface area contributed by atoms with Gasteiger partial charge in [-0.25, -0.2) is 0 Å². The molecule has 0 amide bonds. The Kier molecular flexibility index (Phi) is 8.47. The van der Waals surface area contributed by atoms with E-state index in [1.54, 1.807) is 6.92 Å². The molecule has 0 aliphatic heterocycles. The van der Waals surface area contributed by atoms with Crippen LogP contribution >= 0.6 is 0 Å². The first kappa shape index (κ1) is 17.5. The fourth-order valence-electron chi connectivity index (χ4n) is 1.80. The van der Waals surface area contributed by atoms with Gasteiger partial charge in [0, 0.05) is 13.1 Å². The van der Waals surface area contributed by atoms with E-state index in [1.807, 2.05) is 24.3 Å². The number of carbonyl (C=O) groups is 1. The Balaban J connectivity index is 2.16. The lowest BCUT2D eigenvalue weighted by Crippen LogP contribution is -2.32. The number of aliphatic hydroxyl groups is 1. The Morgan fingerprint density at radius 3 is 2.90 bits per heavy atom. The third-order valence-electron chi connectivity index (χ3n) is 2.94. The van der Waals surface area contributed by atoms with Crippen molar-refractivity contribution in [3.63, 3.8) is 0 Å². The average Bonchev–Trinajstić information content (AvgIpc) is 2.50. The molecule has 21 heavy (non-hydrogen) atoms. The molecule has 0 heterocycles. The second kappa shape index (κ2) is 10.2. The first-order chi connectivity index (χ1) is 10.2. The van der Waals surface area contributed by atoms with Gasteiger partial charge in [-0.15, -0.1) is 0 Å². The van der Waals surface area contributed by atoms with Crippen molar-refractivity contribution in [3.05, 3.63) is 29.8 Å². The van der Waals surface area contributed by atoms with Crippen molar-refractivity contribution in [1.29, 1.82) is 0 Å². The number of ether oxygens (including phenoxy) is 2. The van der Waals surface area contributed by atoms with E-state index in [0.717, 1.165) is 12.2 Å². The molecule has 0 fully saturated rings. The molecule has 1 unspecified atom stereocenters. The Morgan fingerprint density at radius 2 is 2.19 bits per heavy atom. The molecule has 0 saturated carbocycles. The van der Waals surface area contributed by atoms with E-state index in [0.29, 0.717) is 26.1 Å². The lowest BCUT2D eigenvalue weighted by atomic mass is 10.2. The van der Waals surface area contributed by atoms with Gasteiger partial charge in [0.25, 0.3) is 0 Å². The van der Waals surface area contributed by atoms with Gasteiger partial charge in [-0.2, -0.15) is 0 Å². The van der Waals surface area contributed by atoms with E-state index in [-0.39, 0.29) is 12.6 Å². The minimum Gasteiger partial charge on any atom is -0.491 e. The predicted molar refractivity (Wildman–Crippen MR) is 81.4 cm³/mol. The average molecular weight is 295 g/mol. The molecule has 1 aromatic carbocycles. The van der Waals surface area contributed by atoms with Crippen molar-refractivity contribution in [3.8, 4) is 5.75 Å². The van der Waals surface area contributed by atoms with Crippen LogP contribution in [-0.4, -0.2) is 43.5 Å². The van der Waals surface area contributed by atoms with Crippen molar-refractivity contribution < 1.29 is 19.4 Å². The second-order valence-corrected chi connectivity index (χ2v) is 4.72. The van der Waals surface area contributed by atoms with E-state index in [1.165, 1.54) is 5.56 Å². The summed E-state index contributed by atoms with van der Waals surface area (Å²) in [6.45, 7) is 5.35. The summed E-state index contributed by atoms with van der Waals surface area (Å²) in [6, 6.07) is 7.83. The Morgan fingerprint density at radius 1 is 1.38 bits per heavy atom. The first-order valence-electron chi connectivity index (χ1n) is 7.41. The summed E-state index contributed by atoms with van der Waals surface area (Å²) in [5, 5.41) is 12.8. The van der Waals surface area contributed by atoms with Crippen LogP contribution in [0.4, 0.5) is 0 Å². The maximum atomic E-state index is 11.1. The van der Waals surface area contributed by atoms with Gasteiger partial charge in [0.15, 0.2) is 0 Å². The van der Waals surface area contributed by atoms with Gasteiger partial charge < -0.3 is 19.9 Å². The first-order valence-corrected chi connectivity index (χ1v) is 7.41. The van der Waals surface area contributed by atoms with Gasteiger partial charge in [0.2, 0.25) is 0 Å². The van der Waals surface area contributed by atoms with Crippen LogP contribution < -0.4 is 10.1 Å². The molecule has 5 nitrogen and oxygen atoms in total. The van der Waals surface area contributed by atoms with Gasteiger partial charge >= 0.3 is 5.97 Å². The number of hydrogen-bond donors (Lipinski definition) is 2. The highest BCUT2D eigenvalue weighted by molar-refractivity contribution is 5.69. The zero-order valence-corrected chi connectivity index (χ0v) is 12.8. The van der Waals surface area contributed by atoms with Crippen LogP contribution in [-0.2, 0) is 16.0 Å². The smallest absolute Gasteiger partial charge is 0.307 e. The maximum Gasteiger partial charge on any atom is 0.307 e. The minimum atomic E-state index is -0.613. The van der Waals surface area contributed by atoms with E-state index in [9.17, 15) is 9.90 Å². The predicted octanol–water partition coefficient (Wildman–Crippen LogP) is 1.53. The molecule has 0 aliphatic carbocycles. The molecule has 0 bridgehead atoms. The van der Waals surface area contributed by atoms with Gasteiger partial charge in [-0.1, -0.05) is 19.1 Å². The van der Waals surface area contributed by atoms with E-state index in [4.69, 9.17) is 9.47 Å². The van der Waals surface area contributed by atoms with E-state index >= 15 is 0 Å². The molecule has 0 radical (unpaired) electrons. The number of esters is 1. The zero-order valence-electron chi connectivity index (χ0n) is 12.8. The quantitative estimate of drug-likeness (QED) is 0.506. The summed E-state index contributed by atoms with van der Waals surface area (Å²) in [7, 11) is 0. The standard InChI is InChI=1S/C16H25NO4/c1-3-13-6-5-7-15(10-13)21-12-14(18)11-17-9-8-16(19)20-4-2/h5-7,10,14,17-18H,3-4,8-9,11-12H2,1-2H3. The maximum absolute atomic E-state index is 11.1. The summed E-state index contributed by atoms with van der Waals surface area (Å²) in [4.78, 5) is 11.1. The fraction of sp³-hybridized carbons (Fsp3) is 0.562. The number of aryl methyl sites for hydroxylation is 1. The molecular formula is C16H25NO4. The van der Waals surface area contributed by atoms with E-state index in [2.05, 4.69) is 12.2 Å². The van der Waals surface area contributed by atoms with Crippen LogP contribution in [0, 0.1) is 0 Å². The molecule has 0 aliphatic rings. The van der Waals surface area contributed by atoms with Gasteiger partial charge in [-0.05, 0) is 31.0 Å². The van der Waals surface area contributed by atoms with Crippen LogP contribution in [0.2, 0.25) is 0 Å². The van der Waals surface area contributed by atoms with Crippen LogP contribution in [0.3, 0.4) is 0 Å². The van der Waals surface area contributed by atoms with Gasteiger partial charge in [-0.3, -0.25) is 4.79 Å². The lowest BCUT2D eigenvalue weighted by Gasteiger charge is -2.13. The van der Waals surface area contributed by atoms with Gasteiger partial charge in [0.05, 0.1) is 13.0 Å². The van der Waals surface area contributed by atoms with Crippen molar-refractivity contribution in [2.24, 2.45) is 0 Å². The topological polar surface area (TPSA) is 67.8 Å². The number of benzene rings is 1. The fourth-order valence-corrected chi connectivity index (χ4v) is 1.80. The summed E-state index contributed by atoms with van der Waals surface area (Å²) in [5.74, 6) is 0.534. The number of rotatable bonds is 10. The minimum absolute atomic E-state index is 0.222. The van der Waals surface area contributed by atoms with Crippen molar-refractivity contribution in [1.82, 2.24) is 5.32 Å². The molecule has 1 aromatic rings.